The Bertz CT molecular complexity index is 518. The topological polar surface area (TPSA) is 43.8 Å². The van der Waals surface area contributed by atoms with Crippen LogP contribution in [0.3, 0.4) is 0 Å². The molecule has 4 heteroatoms. The third-order valence-electron chi connectivity index (χ3n) is 2.60. The van der Waals surface area contributed by atoms with E-state index in [1.54, 1.807) is 6.33 Å². The molecule has 0 aliphatic heterocycles. The first kappa shape index (κ1) is 12.3. The summed E-state index contributed by atoms with van der Waals surface area (Å²) in [6.07, 6.45) is 3.61. The predicted octanol–water partition coefficient (Wildman–Crippen LogP) is 3.14. The normalized spacial score (nSPS) is 11.8. The molecule has 0 saturated carbocycles. The summed E-state index contributed by atoms with van der Waals surface area (Å²) in [7, 11) is 0. The predicted molar refractivity (Wildman–Crippen MR) is 73.2 cm³/mol. The molecule has 2 N–H and O–H groups in total. The molecule has 2 aromatic rings. The Morgan fingerprint density at radius 2 is 2.00 bits per heavy atom. The van der Waals surface area contributed by atoms with Crippen LogP contribution in [0.5, 0.6) is 0 Å². The van der Waals surface area contributed by atoms with Gasteiger partial charge >= 0.3 is 0 Å². The summed E-state index contributed by atoms with van der Waals surface area (Å²) in [6, 6.07) is 6.25. The molecule has 2 rings (SSSR count). The summed E-state index contributed by atoms with van der Waals surface area (Å²) in [5.74, 6) is 0. The average molecular weight is 294 g/mol. The molecule has 90 valence electrons. The number of aromatic nitrogens is 2. The van der Waals surface area contributed by atoms with Crippen LogP contribution in [0.15, 0.2) is 35.2 Å². The van der Waals surface area contributed by atoms with Gasteiger partial charge in [0.2, 0.25) is 0 Å². The fraction of sp³-hybridized carbons (Fsp3) is 0.308. The summed E-state index contributed by atoms with van der Waals surface area (Å²) in [5, 5.41) is 0. The maximum atomic E-state index is 6.14. The van der Waals surface area contributed by atoms with E-state index in [0.717, 1.165) is 15.9 Å². The molecule has 0 atom stereocenters. The molecule has 0 fully saturated rings. The van der Waals surface area contributed by atoms with Crippen molar-refractivity contribution in [1.82, 2.24) is 9.55 Å². The summed E-state index contributed by atoms with van der Waals surface area (Å²) < 4.78 is 3.08. The largest absolute Gasteiger partial charge is 0.321 e. The van der Waals surface area contributed by atoms with Gasteiger partial charge in [0.25, 0.3) is 0 Å². The molecule has 1 heterocycles. The highest BCUT2D eigenvalue weighted by atomic mass is 79.9. The lowest BCUT2D eigenvalue weighted by Crippen LogP contribution is -2.31. The third-order valence-corrected chi connectivity index (χ3v) is 3.06. The first-order valence-corrected chi connectivity index (χ1v) is 6.26. The Morgan fingerprint density at radius 1 is 1.29 bits per heavy atom. The summed E-state index contributed by atoms with van der Waals surface area (Å²) in [6.45, 7) is 6.02. The third kappa shape index (κ3) is 2.58. The van der Waals surface area contributed by atoms with Crippen LogP contribution in [0, 0.1) is 6.92 Å². The highest BCUT2D eigenvalue weighted by Gasteiger charge is 2.19. The van der Waals surface area contributed by atoms with Crippen molar-refractivity contribution in [1.29, 1.82) is 0 Å². The number of hydrogen-bond acceptors (Lipinski definition) is 2. The van der Waals surface area contributed by atoms with Gasteiger partial charge in [-0.05, 0) is 44.5 Å². The molecular formula is C13H16BrN3. The van der Waals surface area contributed by atoms with Crippen LogP contribution < -0.4 is 5.73 Å². The van der Waals surface area contributed by atoms with E-state index in [0.29, 0.717) is 0 Å². The van der Waals surface area contributed by atoms with Crippen molar-refractivity contribution < 1.29 is 0 Å². The Balaban J connectivity index is 2.57. The van der Waals surface area contributed by atoms with E-state index in [4.69, 9.17) is 5.73 Å². The van der Waals surface area contributed by atoms with Crippen molar-refractivity contribution in [2.45, 2.75) is 26.3 Å². The maximum absolute atomic E-state index is 6.14. The fourth-order valence-electron chi connectivity index (χ4n) is 1.83. The lowest BCUT2D eigenvalue weighted by molar-refractivity contribution is 0.524. The van der Waals surface area contributed by atoms with Gasteiger partial charge in [0.15, 0.2) is 0 Å². The molecule has 0 amide bonds. The Kier molecular flexibility index (Phi) is 3.10. The minimum absolute atomic E-state index is 0.410. The van der Waals surface area contributed by atoms with E-state index in [9.17, 15) is 0 Å². The van der Waals surface area contributed by atoms with Crippen LogP contribution in [0.25, 0.3) is 5.69 Å². The Labute approximate surface area is 110 Å². The molecule has 0 aliphatic rings. The summed E-state index contributed by atoms with van der Waals surface area (Å²) in [4.78, 5) is 4.19. The van der Waals surface area contributed by atoms with Crippen LogP contribution in [0.1, 0.15) is 25.1 Å². The number of hydrogen-bond donors (Lipinski definition) is 1. The monoisotopic (exact) mass is 293 g/mol. The number of imidazole rings is 1. The van der Waals surface area contributed by atoms with Gasteiger partial charge < -0.3 is 10.3 Å². The number of aryl methyl sites for hydroxylation is 1. The van der Waals surface area contributed by atoms with E-state index < -0.39 is 5.54 Å². The lowest BCUT2D eigenvalue weighted by Gasteiger charge is -2.21. The van der Waals surface area contributed by atoms with E-state index in [1.165, 1.54) is 5.56 Å². The van der Waals surface area contributed by atoms with E-state index in [-0.39, 0.29) is 0 Å². The smallest absolute Gasteiger partial charge is 0.0994 e. The second-order valence-electron chi connectivity index (χ2n) is 4.86. The highest BCUT2D eigenvalue weighted by Crippen LogP contribution is 2.23. The van der Waals surface area contributed by atoms with Crippen molar-refractivity contribution in [3.63, 3.8) is 0 Å². The van der Waals surface area contributed by atoms with Gasteiger partial charge in [-0.3, -0.25) is 0 Å². The van der Waals surface area contributed by atoms with Crippen LogP contribution in [0.2, 0.25) is 0 Å². The second-order valence-corrected chi connectivity index (χ2v) is 5.77. The molecule has 1 aromatic carbocycles. The molecule has 0 unspecified atom stereocenters. The molecule has 1 aromatic heterocycles. The molecule has 0 saturated heterocycles. The summed E-state index contributed by atoms with van der Waals surface area (Å²) in [5.41, 5.74) is 9.00. The first-order chi connectivity index (χ1) is 7.88. The van der Waals surface area contributed by atoms with Crippen molar-refractivity contribution in [3.8, 4) is 5.69 Å². The maximum Gasteiger partial charge on any atom is 0.0994 e. The van der Waals surface area contributed by atoms with Crippen molar-refractivity contribution in [3.05, 3.63) is 46.5 Å². The van der Waals surface area contributed by atoms with Crippen LogP contribution >= 0.6 is 15.9 Å². The van der Waals surface area contributed by atoms with Crippen molar-refractivity contribution in [2.24, 2.45) is 5.73 Å². The number of nitrogens with zero attached hydrogens (tertiary/aromatic N) is 2. The minimum Gasteiger partial charge on any atom is -0.321 e. The fourth-order valence-corrected chi connectivity index (χ4v) is 2.43. The highest BCUT2D eigenvalue weighted by molar-refractivity contribution is 9.10. The number of benzene rings is 1. The van der Waals surface area contributed by atoms with Gasteiger partial charge in [0.1, 0.15) is 0 Å². The van der Waals surface area contributed by atoms with E-state index in [1.807, 2.05) is 24.6 Å². The molecule has 0 spiro atoms. The molecular weight excluding hydrogens is 278 g/mol. The summed E-state index contributed by atoms with van der Waals surface area (Å²) >= 11 is 3.51. The van der Waals surface area contributed by atoms with Gasteiger partial charge in [0, 0.05) is 10.2 Å². The zero-order valence-electron chi connectivity index (χ0n) is 10.2. The SMILES string of the molecule is Cc1cc(Br)cc(-n2cncc2C(C)(C)N)c1. The molecule has 17 heavy (non-hydrogen) atoms. The van der Waals surface area contributed by atoms with E-state index >= 15 is 0 Å². The van der Waals surface area contributed by atoms with E-state index in [2.05, 4.69) is 46.0 Å². The number of halogens is 1. The molecule has 0 aliphatic carbocycles. The van der Waals surface area contributed by atoms with Gasteiger partial charge in [-0.1, -0.05) is 15.9 Å². The average Bonchev–Trinajstić information content (AvgIpc) is 2.63. The number of rotatable bonds is 2. The van der Waals surface area contributed by atoms with Crippen molar-refractivity contribution in [2.75, 3.05) is 0 Å². The lowest BCUT2D eigenvalue weighted by atomic mass is 10.0. The van der Waals surface area contributed by atoms with Crippen molar-refractivity contribution >= 4 is 15.9 Å². The Morgan fingerprint density at radius 3 is 2.59 bits per heavy atom. The van der Waals surface area contributed by atoms with Gasteiger partial charge in [-0.25, -0.2) is 4.98 Å². The second kappa shape index (κ2) is 4.27. The van der Waals surface area contributed by atoms with Crippen LogP contribution in [-0.2, 0) is 5.54 Å². The van der Waals surface area contributed by atoms with Gasteiger partial charge in [-0.15, -0.1) is 0 Å². The standard InChI is InChI=1S/C13H16BrN3/c1-9-4-10(14)6-11(5-9)17-8-16-7-12(17)13(2,3)15/h4-8H,15H2,1-3H3. The van der Waals surface area contributed by atoms with Crippen LogP contribution in [-0.4, -0.2) is 9.55 Å². The van der Waals surface area contributed by atoms with Gasteiger partial charge in [-0.2, -0.15) is 0 Å². The zero-order chi connectivity index (χ0) is 12.6. The zero-order valence-corrected chi connectivity index (χ0v) is 11.8. The first-order valence-electron chi connectivity index (χ1n) is 5.47. The molecule has 0 bridgehead atoms. The quantitative estimate of drug-likeness (QED) is 0.924. The molecule has 3 nitrogen and oxygen atoms in total. The van der Waals surface area contributed by atoms with Gasteiger partial charge in [0.05, 0.1) is 23.8 Å². The minimum atomic E-state index is -0.410. The number of nitrogens with two attached hydrogens (primary N) is 1. The molecule has 0 radical (unpaired) electrons. The Hall–Kier alpha value is -1.13. The van der Waals surface area contributed by atoms with Crippen LogP contribution in [0.4, 0.5) is 0 Å².